The zero-order valence-corrected chi connectivity index (χ0v) is 9.00. The first-order valence-corrected chi connectivity index (χ1v) is 5.96. The number of nitrogens with zero attached hydrogens (tertiary/aromatic N) is 1. The molecule has 82 valence electrons. The van der Waals surface area contributed by atoms with Crippen LogP contribution in [0.3, 0.4) is 0 Å². The predicted octanol–water partition coefficient (Wildman–Crippen LogP) is 0.708. The number of rotatable bonds is 6. The largest absolute Gasteiger partial charge is 0.380 e. The highest BCUT2D eigenvalue weighted by Crippen LogP contribution is 2.31. The van der Waals surface area contributed by atoms with Gasteiger partial charge in [0.05, 0.1) is 6.61 Å². The van der Waals surface area contributed by atoms with Crippen LogP contribution in [0.5, 0.6) is 0 Å². The van der Waals surface area contributed by atoms with Crippen LogP contribution in [-0.4, -0.2) is 50.8 Å². The van der Waals surface area contributed by atoms with Gasteiger partial charge >= 0.3 is 0 Å². The minimum atomic E-state index is 0.923. The van der Waals surface area contributed by atoms with Crippen LogP contribution in [-0.2, 0) is 4.74 Å². The zero-order valence-electron chi connectivity index (χ0n) is 9.00. The van der Waals surface area contributed by atoms with Gasteiger partial charge in [-0.1, -0.05) is 12.8 Å². The molecular weight excluding hydrogens is 176 g/mol. The van der Waals surface area contributed by atoms with Crippen LogP contribution in [0.15, 0.2) is 0 Å². The van der Waals surface area contributed by atoms with Gasteiger partial charge in [-0.2, -0.15) is 0 Å². The summed E-state index contributed by atoms with van der Waals surface area (Å²) < 4.78 is 5.63. The molecule has 2 aliphatic rings. The molecule has 0 bridgehead atoms. The van der Waals surface area contributed by atoms with Gasteiger partial charge in [-0.3, -0.25) is 4.90 Å². The highest BCUT2D eigenvalue weighted by Gasteiger charge is 2.20. The molecule has 0 aromatic rings. The van der Waals surface area contributed by atoms with E-state index in [0.717, 1.165) is 38.8 Å². The topological polar surface area (TPSA) is 24.5 Å². The molecule has 0 radical (unpaired) electrons. The third-order valence-electron chi connectivity index (χ3n) is 3.13. The van der Waals surface area contributed by atoms with E-state index in [0.29, 0.717) is 0 Å². The van der Waals surface area contributed by atoms with Crippen LogP contribution in [0.2, 0.25) is 0 Å². The molecule has 3 nitrogen and oxygen atoms in total. The molecule has 0 amide bonds. The van der Waals surface area contributed by atoms with Gasteiger partial charge in [0.15, 0.2) is 0 Å². The summed E-state index contributed by atoms with van der Waals surface area (Å²) in [5.41, 5.74) is 0. The van der Waals surface area contributed by atoms with E-state index < -0.39 is 0 Å². The van der Waals surface area contributed by atoms with E-state index >= 15 is 0 Å². The Morgan fingerprint density at radius 2 is 1.93 bits per heavy atom. The van der Waals surface area contributed by atoms with Crippen molar-refractivity contribution in [2.45, 2.75) is 19.3 Å². The molecule has 0 unspecified atom stereocenters. The normalized spacial score (nSPS) is 24.0. The number of ether oxygens (including phenoxy) is 1. The minimum Gasteiger partial charge on any atom is -0.380 e. The SMILES string of the molecule is C1CN(CCOCCC2CC2)CCN1. The highest BCUT2D eigenvalue weighted by atomic mass is 16.5. The van der Waals surface area contributed by atoms with Crippen LogP contribution in [0.1, 0.15) is 19.3 Å². The summed E-state index contributed by atoms with van der Waals surface area (Å²) in [6, 6.07) is 0. The Morgan fingerprint density at radius 1 is 1.14 bits per heavy atom. The van der Waals surface area contributed by atoms with Crippen LogP contribution < -0.4 is 5.32 Å². The number of hydrogen-bond acceptors (Lipinski definition) is 3. The summed E-state index contributed by atoms with van der Waals surface area (Å²) >= 11 is 0. The van der Waals surface area contributed by atoms with Crippen LogP contribution in [0, 0.1) is 5.92 Å². The highest BCUT2D eigenvalue weighted by molar-refractivity contribution is 4.72. The lowest BCUT2D eigenvalue weighted by Gasteiger charge is -2.26. The lowest BCUT2D eigenvalue weighted by Crippen LogP contribution is -2.44. The van der Waals surface area contributed by atoms with Crippen molar-refractivity contribution in [3.05, 3.63) is 0 Å². The maximum absolute atomic E-state index is 5.63. The van der Waals surface area contributed by atoms with Gasteiger partial charge in [-0.05, 0) is 12.3 Å². The van der Waals surface area contributed by atoms with Gasteiger partial charge in [0.1, 0.15) is 0 Å². The maximum Gasteiger partial charge on any atom is 0.0593 e. The summed E-state index contributed by atoms with van der Waals surface area (Å²) in [6.45, 7) is 7.68. The third kappa shape index (κ3) is 3.95. The Bertz CT molecular complexity index is 153. The van der Waals surface area contributed by atoms with Crippen molar-refractivity contribution in [3.8, 4) is 0 Å². The molecular formula is C11H22N2O. The summed E-state index contributed by atoms with van der Waals surface area (Å²) in [5, 5.41) is 3.36. The fourth-order valence-electron chi connectivity index (χ4n) is 1.89. The second kappa shape index (κ2) is 5.69. The predicted molar refractivity (Wildman–Crippen MR) is 57.5 cm³/mol. The van der Waals surface area contributed by atoms with E-state index in [4.69, 9.17) is 4.74 Å². The molecule has 3 heteroatoms. The van der Waals surface area contributed by atoms with Gasteiger partial charge in [0.2, 0.25) is 0 Å². The van der Waals surface area contributed by atoms with Crippen LogP contribution in [0.25, 0.3) is 0 Å². The lowest BCUT2D eigenvalue weighted by atomic mass is 10.3. The van der Waals surface area contributed by atoms with E-state index in [1.807, 2.05) is 0 Å². The second-order valence-corrected chi connectivity index (χ2v) is 4.44. The molecule has 2 fully saturated rings. The molecule has 1 saturated carbocycles. The molecule has 0 spiro atoms. The van der Waals surface area contributed by atoms with Crippen molar-refractivity contribution >= 4 is 0 Å². The van der Waals surface area contributed by atoms with Gasteiger partial charge in [0, 0.05) is 39.3 Å². The monoisotopic (exact) mass is 198 g/mol. The molecule has 1 aliphatic carbocycles. The first-order valence-electron chi connectivity index (χ1n) is 5.96. The molecule has 1 N–H and O–H groups in total. The Kier molecular flexibility index (Phi) is 4.22. The standard InChI is InChI=1S/C11H22N2O/c1-2-11(1)3-9-14-10-8-13-6-4-12-5-7-13/h11-12H,1-10H2. The van der Waals surface area contributed by atoms with Crippen molar-refractivity contribution in [2.75, 3.05) is 45.9 Å². The quantitative estimate of drug-likeness (QED) is 0.636. The van der Waals surface area contributed by atoms with Gasteiger partial charge < -0.3 is 10.1 Å². The Morgan fingerprint density at radius 3 is 2.64 bits per heavy atom. The van der Waals surface area contributed by atoms with Crippen LogP contribution in [0.4, 0.5) is 0 Å². The van der Waals surface area contributed by atoms with E-state index in [-0.39, 0.29) is 0 Å². The van der Waals surface area contributed by atoms with Crippen molar-refractivity contribution in [3.63, 3.8) is 0 Å². The van der Waals surface area contributed by atoms with Gasteiger partial charge in [-0.25, -0.2) is 0 Å². The summed E-state index contributed by atoms with van der Waals surface area (Å²) in [5.74, 6) is 1.01. The number of piperazine rings is 1. The maximum atomic E-state index is 5.63. The summed E-state index contributed by atoms with van der Waals surface area (Å²) in [6.07, 6.45) is 4.18. The first kappa shape index (κ1) is 10.4. The van der Waals surface area contributed by atoms with Crippen molar-refractivity contribution < 1.29 is 4.74 Å². The average molecular weight is 198 g/mol. The van der Waals surface area contributed by atoms with Crippen LogP contribution >= 0.6 is 0 Å². The van der Waals surface area contributed by atoms with E-state index in [2.05, 4.69) is 10.2 Å². The van der Waals surface area contributed by atoms with E-state index in [1.165, 1.54) is 32.4 Å². The second-order valence-electron chi connectivity index (χ2n) is 4.44. The van der Waals surface area contributed by atoms with Gasteiger partial charge in [0.25, 0.3) is 0 Å². The minimum absolute atomic E-state index is 0.923. The van der Waals surface area contributed by atoms with Crippen molar-refractivity contribution in [1.82, 2.24) is 10.2 Å². The summed E-state index contributed by atoms with van der Waals surface area (Å²) in [4.78, 5) is 2.48. The smallest absolute Gasteiger partial charge is 0.0593 e. The van der Waals surface area contributed by atoms with Crippen molar-refractivity contribution in [2.24, 2.45) is 5.92 Å². The summed E-state index contributed by atoms with van der Waals surface area (Å²) in [7, 11) is 0. The molecule has 1 aliphatic heterocycles. The number of nitrogens with one attached hydrogen (secondary N) is 1. The fourth-order valence-corrected chi connectivity index (χ4v) is 1.89. The van der Waals surface area contributed by atoms with E-state index in [1.54, 1.807) is 0 Å². The average Bonchev–Trinajstić information content (AvgIpc) is 3.03. The Hall–Kier alpha value is -0.120. The van der Waals surface area contributed by atoms with Crippen molar-refractivity contribution in [1.29, 1.82) is 0 Å². The molecule has 0 aromatic carbocycles. The molecule has 1 heterocycles. The zero-order chi connectivity index (χ0) is 9.64. The van der Waals surface area contributed by atoms with Gasteiger partial charge in [-0.15, -0.1) is 0 Å². The lowest BCUT2D eigenvalue weighted by molar-refractivity contribution is 0.0951. The van der Waals surface area contributed by atoms with E-state index in [9.17, 15) is 0 Å². The molecule has 0 atom stereocenters. The molecule has 0 aromatic heterocycles. The molecule has 14 heavy (non-hydrogen) atoms. The molecule has 2 rings (SSSR count). The Labute approximate surface area is 86.8 Å². The third-order valence-corrected chi connectivity index (χ3v) is 3.13. The Balaban J connectivity index is 1.41. The first-order chi connectivity index (χ1) is 6.95. The number of hydrogen-bond donors (Lipinski definition) is 1. The fraction of sp³-hybridized carbons (Fsp3) is 1.00. The molecule has 1 saturated heterocycles.